The molecule has 0 saturated carbocycles. The van der Waals surface area contributed by atoms with Gasteiger partial charge in [0.15, 0.2) is 5.82 Å². The topological polar surface area (TPSA) is 90.0 Å². The van der Waals surface area contributed by atoms with Gasteiger partial charge >= 0.3 is 0 Å². The predicted molar refractivity (Wildman–Crippen MR) is 67.0 cm³/mol. The van der Waals surface area contributed by atoms with E-state index in [1.165, 1.54) is 4.68 Å². The van der Waals surface area contributed by atoms with E-state index in [2.05, 4.69) is 9.82 Å². The van der Waals surface area contributed by atoms with Crippen LogP contribution in [-0.2, 0) is 17.1 Å². The molecular formula is C10H18N4O2S. The summed E-state index contributed by atoms with van der Waals surface area (Å²) in [5, 5.41) is 3.88. The summed E-state index contributed by atoms with van der Waals surface area (Å²) < 4.78 is 27.9. The molecule has 17 heavy (non-hydrogen) atoms. The van der Waals surface area contributed by atoms with Gasteiger partial charge in [0.05, 0.1) is 5.69 Å². The van der Waals surface area contributed by atoms with Crippen molar-refractivity contribution in [1.29, 1.82) is 0 Å². The molecule has 1 heterocycles. The van der Waals surface area contributed by atoms with Crippen molar-refractivity contribution in [2.75, 3.05) is 12.3 Å². The van der Waals surface area contributed by atoms with Crippen molar-refractivity contribution in [1.82, 2.24) is 14.5 Å². The normalized spacial score (nSPS) is 11.5. The van der Waals surface area contributed by atoms with Gasteiger partial charge in [0.2, 0.25) is 10.0 Å². The Morgan fingerprint density at radius 2 is 2.12 bits per heavy atom. The van der Waals surface area contributed by atoms with Gasteiger partial charge in [0.1, 0.15) is 4.90 Å². The van der Waals surface area contributed by atoms with Crippen molar-refractivity contribution < 1.29 is 8.42 Å². The molecule has 0 saturated heterocycles. The zero-order valence-corrected chi connectivity index (χ0v) is 11.3. The van der Waals surface area contributed by atoms with Gasteiger partial charge in [-0.05, 0) is 20.8 Å². The van der Waals surface area contributed by atoms with E-state index in [1.807, 2.05) is 13.8 Å². The number of sulfonamides is 1. The Balaban J connectivity index is 3.02. The number of nitrogens with two attached hydrogens (primary N) is 1. The lowest BCUT2D eigenvalue weighted by Crippen LogP contribution is -2.25. The second kappa shape index (κ2) is 4.89. The van der Waals surface area contributed by atoms with E-state index in [-0.39, 0.29) is 17.3 Å². The van der Waals surface area contributed by atoms with Crippen LogP contribution in [-0.4, -0.2) is 24.7 Å². The van der Waals surface area contributed by atoms with E-state index >= 15 is 0 Å². The molecule has 0 aliphatic heterocycles. The highest BCUT2D eigenvalue weighted by Crippen LogP contribution is 2.20. The molecule has 0 aromatic carbocycles. The third-order valence-corrected chi connectivity index (χ3v) is 3.95. The summed E-state index contributed by atoms with van der Waals surface area (Å²) in [6.45, 7) is 5.72. The predicted octanol–water partition coefficient (Wildman–Crippen LogP) is 0.555. The summed E-state index contributed by atoms with van der Waals surface area (Å²) in [5.41, 5.74) is 7.16. The van der Waals surface area contributed by atoms with Gasteiger partial charge in [-0.3, -0.25) is 4.68 Å². The van der Waals surface area contributed by atoms with Crippen molar-refractivity contribution in [2.45, 2.75) is 25.7 Å². The van der Waals surface area contributed by atoms with Crippen LogP contribution in [0, 0.1) is 6.92 Å². The van der Waals surface area contributed by atoms with Crippen LogP contribution in [0.15, 0.2) is 16.5 Å². The Morgan fingerprint density at radius 1 is 1.53 bits per heavy atom. The number of allylic oxidation sites excluding steroid dienone is 1. The van der Waals surface area contributed by atoms with E-state index in [4.69, 9.17) is 5.73 Å². The van der Waals surface area contributed by atoms with Gasteiger partial charge in [-0.1, -0.05) is 11.6 Å². The second-order valence-electron chi connectivity index (χ2n) is 4.06. The fourth-order valence-corrected chi connectivity index (χ4v) is 2.66. The monoisotopic (exact) mass is 258 g/mol. The van der Waals surface area contributed by atoms with Crippen LogP contribution in [0.3, 0.4) is 0 Å². The molecule has 0 aliphatic rings. The fourth-order valence-electron chi connectivity index (χ4n) is 1.37. The number of hydrogen-bond acceptors (Lipinski definition) is 4. The number of nitrogen functional groups attached to an aromatic ring is 1. The van der Waals surface area contributed by atoms with Crippen LogP contribution < -0.4 is 10.5 Å². The molecule has 0 unspecified atom stereocenters. The lowest BCUT2D eigenvalue weighted by atomic mass is 10.3. The van der Waals surface area contributed by atoms with E-state index < -0.39 is 10.0 Å². The zero-order chi connectivity index (χ0) is 13.2. The van der Waals surface area contributed by atoms with Gasteiger partial charge in [0.25, 0.3) is 0 Å². The Kier molecular flexibility index (Phi) is 3.94. The first-order chi connectivity index (χ1) is 7.75. The smallest absolute Gasteiger partial charge is 0.246 e. The summed E-state index contributed by atoms with van der Waals surface area (Å²) in [6.07, 6.45) is 1.79. The maximum Gasteiger partial charge on any atom is 0.246 e. The van der Waals surface area contributed by atoms with Gasteiger partial charge in [-0.2, -0.15) is 5.10 Å². The first-order valence-corrected chi connectivity index (χ1v) is 6.66. The molecule has 1 aromatic heterocycles. The van der Waals surface area contributed by atoms with Crippen LogP contribution in [0.4, 0.5) is 5.82 Å². The van der Waals surface area contributed by atoms with Crippen molar-refractivity contribution >= 4 is 15.8 Å². The highest BCUT2D eigenvalue weighted by atomic mass is 32.2. The van der Waals surface area contributed by atoms with E-state index in [0.717, 1.165) is 5.57 Å². The molecule has 0 radical (unpaired) electrons. The highest BCUT2D eigenvalue weighted by Gasteiger charge is 2.23. The molecule has 0 spiro atoms. The average Bonchev–Trinajstić information content (AvgIpc) is 2.40. The molecule has 3 N–H and O–H groups in total. The Bertz CT molecular complexity index is 539. The molecule has 7 heteroatoms. The van der Waals surface area contributed by atoms with E-state index in [0.29, 0.717) is 5.69 Å². The quantitative estimate of drug-likeness (QED) is 0.772. The fraction of sp³-hybridized carbons (Fsp3) is 0.500. The number of nitrogens with one attached hydrogen (secondary N) is 1. The van der Waals surface area contributed by atoms with Gasteiger partial charge in [-0.15, -0.1) is 0 Å². The number of aryl methyl sites for hydroxylation is 1. The number of rotatable bonds is 4. The summed E-state index contributed by atoms with van der Waals surface area (Å²) >= 11 is 0. The van der Waals surface area contributed by atoms with Gasteiger partial charge in [0, 0.05) is 13.6 Å². The van der Waals surface area contributed by atoms with Crippen LogP contribution >= 0.6 is 0 Å². The molecule has 1 rings (SSSR count). The van der Waals surface area contributed by atoms with Crippen molar-refractivity contribution in [3.63, 3.8) is 0 Å². The molecule has 0 aliphatic carbocycles. The number of nitrogens with zero attached hydrogens (tertiary/aromatic N) is 2. The maximum absolute atomic E-state index is 12.0. The molecule has 0 bridgehead atoms. The van der Waals surface area contributed by atoms with Crippen LogP contribution in [0.2, 0.25) is 0 Å². The molecular weight excluding hydrogens is 240 g/mol. The summed E-state index contributed by atoms with van der Waals surface area (Å²) in [7, 11) is -1.95. The number of aromatic nitrogens is 2. The van der Waals surface area contributed by atoms with E-state index in [9.17, 15) is 8.42 Å². The first-order valence-electron chi connectivity index (χ1n) is 5.18. The molecule has 1 aromatic rings. The standard InChI is InChI=1S/C10H18N4O2S/c1-7(2)5-6-12-17(15,16)9-8(3)14(4)13-10(9)11/h5,12H,6H2,1-4H3,(H2,11,13). The summed E-state index contributed by atoms with van der Waals surface area (Å²) in [6, 6.07) is 0. The molecule has 0 amide bonds. The van der Waals surface area contributed by atoms with Crippen molar-refractivity contribution in [2.24, 2.45) is 7.05 Å². The average molecular weight is 258 g/mol. The van der Waals surface area contributed by atoms with Crippen molar-refractivity contribution in [3.05, 3.63) is 17.3 Å². The second-order valence-corrected chi connectivity index (χ2v) is 5.76. The summed E-state index contributed by atoms with van der Waals surface area (Å²) in [5.74, 6) is 0.0229. The molecule has 96 valence electrons. The first kappa shape index (κ1) is 13.7. The minimum atomic E-state index is -3.60. The van der Waals surface area contributed by atoms with Gasteiger partial charge in [-0.25, -0.2) is 13.1 Å². The Hall–Kier alpha value is -1.34. The van der Waals surface area contributed by atoms with Crippen LogP contribution in [0.1, 0.15) is 19.5 Å². The highest BCUT2D eigenvalue weighted by molar-refractivity contribution is 7.89. The zero-order valence-electron chi connectivity index (χ0n) is 10.5. The largest absolute Gasteiger partial charge is 0.381 e. The third-order valence-electron chi connectivity index (χ3n) is 2.36. The SMILES string of the molecule is CC(C)=CCNS(=O)(=O)c1c(N)nn(C)c1C. The lowest BCUT2D eigenvalue weighted by molar-refractivity contribution is 0.584. The van der Waals surface area contributed by atoms with Crippen LogP contribution in [0.25, 0.3) is 0 Å². The number of hydrogen-bond donors (Lipinski definition) is 2. The van der Waals surface area contributed by atoms with Crippen molar-refractivity contribution in [3.8, 4) is 0 Å². The minimum absolute atomic E-state index is 0.0229. The maximum atomic E-state index is 12.0. The third kappa shape index (κ3) is 3.07. The van der Waals surface area contributed by atoms with E-state index in [1.54, 1.807) is 20.0 Å². The Morgan fingerprint density at radius 3 is 2.53 bits per heavy atom. The van der Waals surface area contributed by atoms with Crippen LogP contribution in [0.5, 0.6) is 0 Å². The summed E-state index contributed by atoms with van der Waals surface area (Å²) in [4.78, 5) is 0.0576. The molecule has 0 atom stereocenters. The number of anilines is 1. The molecule has 6 nitrogen and oxygen atoms in total. The molecule has 0 fully saturated rings. The van der Waals surface area contributed by atoms with Gasteiger partial charge < -0.3 is 5.73 Å². The lowest BCUT2D eigenvalue weighted by Gasteiger charge is -2.04. The Labute approximate surface area is 102 Å². The minimum Gasteiger partial charge on any atom is -0.381 e.